The number of hydrogen-bond acceptors (Lipinski definition) is 5. The average molecular weight is 360 g/mol. The fraction of sp³-hybridized carbons (Fsp3) is 0.647. The zero-order valence-corrected chi connectivity index (χ0v) is 15.6. The summed E-state index contributed by atoms with van der Waals surface area (Å²) in [7, 11) is 1.96. The van der Waals surface area contributed by atoms with Crippen molar-refractivity contribution in [3.8, 4) is 0 Å². The highest BCUT2D eigenvalue weighted by molar-refractivity contribution is 5.79. The Kier molecular flexibility index (Phi) is 6.59. The Morgan fingerprint density at radius 2 is 2.31 bits per heavy atom. The minimum Gasteiger partial charge on any atom is -0.376 e. The summed E-state index contributed by atoms with van der Waals surface area (Å²) in [4.78, 5) is 4.66. The van der Waals surface area contributed by atoms with E-state index in [1.165, 1.54) is 0 Å². The lowest BCUT2D eigenvalue weighted by Crippen LogP contribution is -2.41. The third kappa shape index (κ3) is 5.29. The van der Waals surface area contributed by atoms with Crippen LogP contribution in [-0.2, 0) is 24.9 Å². The van der Waals surface area contributed by atoms with Gasteiger partial charge in [0.1, 0.15) is 12.4 Å². The molecule has 9 nitrogen and oxygen atoms in total. The Hall–Kier alpha value is -2.42. The molecule has 0 saturated carbocycles. The van der Waals surface area contributed by atoms with Gasteiger partial charge in [-0.25, -0.2) is 4.99 Å². The standard InChI is InChI=1S/C17H28N8O/c1-14-22-23-16(24(14)2)13-20-17(19-12-15-6-3-11-26-15)18-7-4-9-25-10-5-8-21-25/h5,8,10,15H,3-4,6-7,9,11-13H2,1-2H3,(H2,18,19,20). The predicted octanol–water partition coefficient (Wildman–Crippen LogP) is 0.625. The molecule has 1 atom stereocenters. The van der Waals surface area contributed by atoms with Crippen LogP contribution in [0.2, 0.25) is 0 Å². The minimum atomic E-state index is 0.267. The van der Waals surface area contributed by atoms with Crippen molar-refractivity contribution in [2.75, 3.05) is 19.7 Å². The molecule has 2 aromatic rings. The molecule has 9 heteroatoms. The highest BCUT2D eigenvalue weighted by Gasteiger charge is 2.15. The van der Waals surface area contributed by atoms with Gasteiger partial charge in [-0.2, -0.15) is 5.10 Å². The van der Waals surface area contributed by atoms with Crippen LogP contribution in [0.15, 0.2) is 23.5 Å². The van der Waals surface area contributed by atoms with Crippen molar-refractivity contribution >= 4 is 5.96 Å². The van der Waals surface area contributed by atoms with E-state index in [1.807, 2.05) is 35.5 Å². The van der Waals surface area contributed by atoms with E-state index in [4.69, 9.17) is 4.74 Å². The van der Waals surface area contributed by atoms with E-state index in [-0.39, 0.29) is 6.10 Å². The van der Waals surface area contributed by atoms with Gasteiger partial charge in [0.15, 0.2) is 11.8 Å². The summed E-state index contributed by atoms with van der Waals surface area (Å²) in [5, 5.41) is 19.2. The van der Waals surface area contributed by atoms with E-state index in [9.17, 15) is 0 Å². The Labute approximate surface area is 153 Å². The van der Waals surface area contributed by atoms with Gasteiger partial charge in [0.25, 0.3) is 0 Å². The lowest BCUT2D eigenvalue weighted by molar-refractivity contribution is 0.114. The molecule has 0 bridgehead atoms. The molecule has 26 heavy (non-hydrogen) atoms. The van der Waals surface area contributed by atoms with Crippen LogP contribution >= 0.6 is 0 Å². The third-order valence-corrected chi connectivity index (χ3v) is 4.50. The number of rotatable bonds is 8. The van der Waals surface area contributed by atoms with Gasteiger partial charge in [-0.05, 0) is 32.3 Å². The van der Waals surface area contributed by atoms with Crippen LogP contribution in [-0.4, -0.2) is 56.3 Å². The first kappa shape index (κ1) is 18.4. The molecule has 2 N–H and O–H groups in total. The quantitative estimate of drug-likeness (QED) is 0.407. The van der Waals surface area contributed by atoms with Gasteiger partial charge in [0.2, 0.25) is 0 Å². The fourth-order valence-electron chi connectivity index (χ4n) is 2.81. The number of nitrogens with zero attached hydrogens (tertiary/aromatic N) is 6. The monoisotopic (exact) mass is 360 g/mol. The molecule has 3 rings (SSSR count). The summed E-state index contributed by atoms with van der Waals surface area (Å²) in [6.45, 7) is 5.73. The zero-order chi connectivity index (χ0) is 18.2. The Morgan fingerprint density at radius 1 is 1.38 bits per heavy atom. The van der Waals surface area contributed by atoms with E-state index in [1.54, 1.807) is 6.20 Å². The molecule has 142 valence electrons. The number of aliphatic imine (C=N–C) groups is 1. The van der Waals surface area contributed by atoms with Gasteiger partial charge in [-0.1, -0.05) is 0 Å². The second kappa shape index (κ2) is 9.33. The molecule has 2 aromatic heterocycles. The SMILES string of the molecule is Cc1nnc(CN=C(NCCCn2cccn2)NCC2CCCO2)n1C. The van der Waals surface area contributed by atoms with E-state index < -0.39 is 0 Å². The summed E-state index contributed by atoms with van der Waals surface area (Å²) in [5.74, 6) is 2.51. The summed E-state index contributed by atoms with van der Waals surface area (Å²) in [5.41, 5.74) is 0. The zero-order valence-electron chi connectivity index (χ0n) is 15.6. The predicted molar refractivity (Wildman–Crippen MR) is 98.7 cm³/mol. The largest absolute Gasteiger partial charge is 0.376 e. The summed E-state index contributed by atoms with van der Waals surface area (Å²) in [6.07, 6.45) is 7.23. The van der Waals surface area contributed by atoms with E-state index >= 15 is 0 Å². The van der Waals surface area contributed by atoms with Crippen LogP contribution in [0.1, 0.15) is 30.9 Å². The molecule has 0 radical (unpaired) electrons. The van der Waals surface area contributed by atoms with Crippen LogP contribution in [0, 0.1) is 6.92 Å². The molecule has 1 saturated heterocycles. The molecule has 0 aliphatic carbocycles. The number of guanidine groups is 1. The summed E-state index contributed by atoms with van der Waals surface area (Å²) < 4.78 is 9.57. The summed E-state index contributed by atoms with van der Waals surface area (Å²) in [6, 6.07) is 1.94. The fourth-order valence-corrected chi connectivity index (χ4v) is 2.81. The molecule has 3 heterocycles. The summed E-state index contributed by atoms with van der Waals surface area (Å²) >= 11 is 0. The maximum absolute atomic E-state index is 5.68. The average Bonchev–Trinajstić information content (AvgIpc) is 3.39. The second-order valence-corrected chi connectivity index (χ2v) is 6.45. The van der Waals surface area contributed by atoms with Crippen molar-refractivity contribution in [2.45, 2.75) is 45.4 Å². The first-order valence-corrected chi connectivity index (χ1v) is 9.18. The molecule has 0 amide bonds. The highest BCUT2D eigenvalue weighted by Crippen LogP contribution is 2.10. The van der Waals surface area contributed by atoms with E-state index in [0.29, 0.717) is 6.54 Å². The smallest absolute Gasteiger partial charge is 0.191 e. The van der Waals surface area contributed by atoms with Gasteiger partial charge in [0, 0.05) is 45.7 Å². The molecule has 1 fully saturated rings. The first-order chi connectivity index (χ1) is 12.7. The molecule has 0 spiro atoms. The molecular weight excluding hydrogens is 332 g/mol. The number of aryl methyl sites for hydroxylation is 2. The topological polar surface area (TPSA) is 94.2 Å². The normalized spacial score (nSPS) is 17.6. The number of aromatic nitrogens is 5. The molecular formula is C17H28N8O. The van der Waals surface area contributed by atoms with Crippen LogP contribution in [0.3, 0.4) is 0 Å². The van der Waals surface area contributed by atoms with Gasteiger partial charge >= 0.3 is 0 Å². The molecule has 1 aliphatic rings. The number of nitrogens with one attached hydrogen (secondary N) is 2. The highest BCUT2D eigenvalue weighted by atomic mass is 16.5. The molecule has 1 aliphatic heterocycles. The van der Waals surface area contributed by atoms with Gasteiger partial charge in [-0.15, -0.1) is 10.2 Å². The van der Waals surface area contributed by atoms with Crippen molar-refractivity contribution in [3.63, 3.8) is 0 Å². The second-order valence-electron chi connectivity index (χ2n) is 6.45. The van der Waals surface area contributed by atoms with Gasteiger partial charge < -0.3 is 19.9 Å². The Morgan fingerprint density at radius 3 is 3.00 bits per heavy atom. The Bertz CT molecular complexity index is 688. The van der Waals surface area contributed by atoms with Gasteiger partial charge in [-0.3, -0.25) is 4.68 Å². The maximum Gasteiger partial charge on any atom is 0.191 e. The van der Waals surface area contributed by atoms with E-state index in [2.05, 4.69) is 30.9 Å². The van der Waals surface area contributed by atoms with Crippen molar-refractivity contribution in [2.24, 2.45) is 12.0 Å². The lowest BCUT2D eigenvalue weighted by Gasteiger charge is -2.15. The van der Waals surface area contributed by atoms with Crippen LogP contribution in [0.4, 0.5) is 0 Å². The van der Waals surface area contributed by atoms with Crippen molar-refractivity contribution in [1.82, 2.24) is 35.2 Å². The van der Waals surface area contributed by atoms with Crippen LogP contribution < -0.4 is 10.6 Å². The van der Waals surface area contributed by atoms with Crippen molar-refractivity contribution in [1.29, 1.82) is 0 Å². The lowest BCUT2D eigenvalue weighted by atomic mass is 10.2. The van der Waals surface area contributed by atoms with E-state index in [0.717, 1.165) is 63.1 Å². The molecule has 0 aromatic carbocycles. The third-order valence-electron chi connectivity index (χ3n) is 4.50. The van der Waals surface area contributed by atoms with Crippen molar-refractivity contribution in [3.05, 3.63) is 30.1 Å². The number of hydrogen-bond donors (Lipinski definition) is 2. The molecule has 1 unspecified atom stereocenters. The minimum absolute atomic E-state index is 0.267. The van der Waals surface area contributed by atoms with Crippen LogP contribution in [0.5, 0.6) is 0 Å². The van der Waals surface area contributed by atoms with Crippen molar-refractivity contribution < 1.29 is 4.74 Å². The van der Waals surface area contributed by atoms with Crippen LogP contribution in [0.25, 0.3) is 0 Å². The maximum atomic E-state index is 5.68. The number of ether oxygens (including phenoxy) is 1. The first-order valence-electron chi connectivity index (χ1n) is 9.18. The Balaban J connectivity index is 1.51. The van der Waals surface area contributed by atoms with Gasteiger partial charge in [0.05, 0.1) is 6.10 Å².